The van der Waals surface area contributed by atoms with Crippen LogP contribution in [0.15, 0.2) is 0 Å². The maximum atomic E-state index is 12.5. The minimum absolute atomic E-state index is 0.388. The van der Waals surface area contributed by atoms with Gasteiger partial charge in [0.2, 0.25) is 5.91 Å². The fourth-order valence-corrected chi connectivity index (χ4v) is 4.13. The van der Waals surface area contributed by atoms with Crippen LogP contribution < -0.4 is 0 Å². The molecule has 3 rings (SSSR count). The van der Waals surface area contributed by atoms with E-state index in [0.29, 0.717) is 17.9 Å². The first-order valence-electron chi connectivity index (χ1n) is 7.17. The molecule has 1 amide bonds. The predicted octanol–water partition coefficient (Wildman–Crippen LogP) is 2.97. The number of carbonyl (C=O) groups excluding carboxylic acids is 1. The lowest BCUT2D eigenvalue weighted by molar-refractivity contribution is -0.140. The van der Waals surface area contributed by atoms with Crippen LogP contribution in [0.3, 0.4) is 0 Å². The molecule has 0 spiro atoms. The molecule has 0 bridgehead atoms. The molecular weight excluding hydrogens is 198 g/mol. The first-order chi connectivity index (χ1) is 7.86. The molecule has 90 valence electrons. The maximum Gasteiger partial charge on any atom is 0.225 e. The van der Waals surface area contributed by atoms with Crippen molar-refractivity contribution in [1.29, 1.82) is 0 Å². The molecule has 2 aliphatic carbocycles. The van der Waals surface area contributed by atoms with Crippen molar-refractivity contribution in [3.05, 3.63) is 0 Å². The van der Waals surface area contributed by atoms with Crippen LogP contribution in [0.1, 0.15) is 57.8 Å². The molecule has 0 aromatic carbocycles. The highest BCUT2D eigenvalue weighted by atomic mass is 16.2. The van der Waals surface area contributed by atoms with Crippen molar-refractivity contribution in [3.8, 4) is 0 Å². The Balaban J connectivity index is 1.70. The van der Waals surface area contributed by atoms with E-state index in [0.717, 1.165) is 25.3 Å². The van der Waals surface area contributed by atoms with E-state index in [1.807, 2.05) is 0 Å². The molecule has 2 saturated carbocycles. The summed E-state index contributed by atoms with van der Waals surface area (Å²) >= 11 is 0. The van der Waals surface area contributed by atoms with E-state index < -0.39 is 0 Å². The molecule has 1 heterocycles. The van der Waals surface area contributed by atoms with E-state index in [9.17, 15) is 4.79 Å². The van der Waals surface area contributed by atoms with Crippen LogP contribution in [0.5, 0.6) is 0 Å². The molecule has 16 heavy (non-hydrogen) atoms. The lowest BCUT2D eigenvalue weighted by atomic mass is 9.90. The van der Waals surface area contributed by atoms with Crippen LogP contribution in [0, 0.1) is 11.8 Å². The number of hydrogen-bond donors (Lipinski definition) is 0. The quantitative estimate of drug-likeness (QED) is 0.666. The monoisotopic (exact) mass is 221 g/mol. The lowest BCUT2D eigenvalue weighted by Crippen LogP contribution is -2.48. The van der Waals surface area contributed by atoms with Gasteiger partial charge in [0, 0.05) is 18.5 Å². The van der Waals surface area contributed by atoms with Gasteiger partial charge in [-0.2, -0.15) is 0 Å². The summed E-state index contributed by atoms with van der Waals surface area (Å²) in [6.07, 6.45) is 11.5. The van der Waals surface area contributed by atoms with Crippen LogP contribution in [-0.2, 0) is 4.79 Å². The van der Waals surface area contributed by atoms with E-state index in [2.05, 4.69) is 4.90 Å². The van der Waals surface area contributed by atoms with Crippen LogP contribution in [-0.4, -0.2) is 23.4 Å². The van der Waals surface area contributed by atoms with Crippen molar-refractivity contribution in [1.82, 2.24) is 4.90 Å². The third-order valence-electron chi connectivity index (χ3n) is 4.98. The van der Waals surface area contributed by atoms with Gasteiger partial charge in [-0.15, -0.1) is 0 Å². The minimum Gasteiger partial charge on any atom is -0.339 e. The molecule has 0 aromatic rings. The zero-order chi connectivity index (χ0) is 11.0. The largest absolute Gasteiger partial charge is 0.339 e. The fourth-order valence-electron chi connectivity index (χ4n) is 4.13. The van der Waals surface area contributed by atoms with Gasteiger partial charge in [-0.1, -0.05) is 19.3 Å². The predicted molar refractivity (Wildman–Crippen MR) is 64.0 cm³/mol. The van der Waals surface area contributed by atoms with E-state index in [4.69, 9.17) is 0 Å². The first-order valence-corrected chi connectivity index (χ1v) is 7.17. The van der Waals surface area contributed by atoms with E-state index in [-0.39, 0.29) is 0 Å². The molecule has 3 fully saturated rings. The molecule has 0 radical (unpaired) electrons. The van der Waals surface area contributed by atoms with Gasteiger partial charge in [0.15, 0.2) is 0 Å². The highest BCUT2D eigenvalue weighted by Crippen LogP contribution is 2.38. The summed E-state index contributed by atoms with van der Waals surface area (Å²) in [5.74, 6) is 1.74. The smallest absolute Gasteiger partial charge is 0.225 e. The second kappa shape index (κ2) is 4.38. The SMILES string of the molecule is O=C(C1CCCC1)N1CCCC2CCCC21. The molecule has 2 unspecified atom stereocenters. The highest BCUT2D eigenvalue weighted by molar-refractivity contribution is 5.79. The summed E-state index contributed by atoms with van der Waals surface area (Å²) in [7, 11) is 0. The van der Waals surface area contributed by atoms with Crippen molar-refractivity contribution in [2.45, 2.75) is 63.8 Å². The van der Waals surface area contributed by atoms with Gasteiger partial charge in [0.25, 0.3) is 0 Å². The molecule has 0 aromatic heterocycles. The fraction of sp³-hybridized carbons (Fsp3) is 0.929. The zero-order valence-electron chi connectivity index (χ0n) is 10.2. The highest BCUT2D eigenvalue weighted by Gasteiger charge is 2.39. The summed E-state index contributed by atoms with van der Waals surface area (Å²) < 4.78 is 0. The summed E-state index contributed by atoms with van der Waals surface area (Å²) in [5, 5.41) is 0. The normalized spacial score (nSPS) is 35.4. The second-order valence-electron chi connectivity index (χ2n) is 5.91. The number of fused-ring (bicyclic) bond motifs is 1. The Kier molecular flexibility index (Phi) is 2.91. The number of piperidine rings is 1. The van der Waals surface area contributed by atoms with Crippen LogP contribution in [0.4, 0.5) is 0 Å². The number of amides is 1. The summed E-state index contributed by atoms with van der Waals surface area (Å²) in [4.78, 5) is 14.7. The molecule has 2 nitrogen and oxygen atoms in total. The summed E-state index contributed by atoms with van der Waals surface area (Å²) in [5.41, 5.74) is 0. The third-order valence-corrected chi connectivity index (χ3v) is 4.98. The van der Waals surface area contributed by atoms with Gasteiger partial charge < -0.3 is 4.90 Å². The maximum absolute atomic E-state index is 12.5. The van der Waals surface area contributed by atoms with Crippen molar-refractivity contribution in [2.24, 2.45) is 11.8 Å². The average molecular weight is 221 g/mol. The Labute approximate surface area is 98.4 Å². The number of likely N-dealkylation sites (tertiary alicyclic amines) is 1. The van der Waals surface area contributed by atoms with Crippen LogP contribution in [0.25, 0.3) is 0 Å². The van der Waals surface area contributed by atoms with Gasteiger partial charge >= 0.3 is 0 Å². The average Bonchev–Trinajstić information content (AvgIpc) is 2.98. The van der Waals surface area contributed by atoms with Crippen LogP contribution in [0.2, 0.25) is 0 Å². The Hall–Kier alpha value is -0.530. The topological polar surface area (TPSA) is 20.3 Å². The zero-order valence-corrected chi connectivity index (χ0v) is 10.2. The van der Waals surface area contributed by atoms with Crippen molar-refractivity contribution < 1.29 is 4.79 Å². The van der Waals surface area contributed by atoms with E-state index >= 15 is 0 Å². The van der Waals surface area contributed by atoms with Gasteiger partial charge in [-0.25, -0.2) is 0 Å². The number of hydrogen-bond acceptors (Lipinski definition) is 1. The Morgan fingerprint density at radius 2 is 1.62 bits per heavy atom. The number of carbonyl (C=O) groups is 1. The lowest BCUT2D eigenvalue weighted by Gasteiger charge is -2.39. The Morgan fingerprint density at radius 3 is 2.44 bits per heavy atom. The van der Waals surface area contributed by atoms with Gasteiger partial charge in [0.1, 0.15) is 0 Å². The number of nitrogens with zero attached hydrogens (tertiary/aromatic N) is 1. The first kappa shape index (κ1) is 10.6. The van der Waals surface area contributed by atoms with E-state index in [1.54, 1.807) is 0 Å². The second-order valence-corrected chi connectivity index (χ2v) is 5.91. The molecule has 0 N–H and O–H groups in total. The molecule has 1 aliphatic heterocycles. The standard InChI is InChI=1S/C14H23NO/c16-14(12-5-1-2-6-12)15-10-4-8-11-7-3-9-13(11)15/h11-13H,1-10H2. The Morgan fingerprint density at radius 1 is 0.875 bits per heavy atom. The molecular formula is C14H23NO. The van der Waals surface area contributed by atoms with Crippen molar-refractivity contribution in [2.75, 3.05) is 6.54 Å². The molecule has 1 saturated heterocycles. The van der Waals surface area contributed by atoms with Crippen LogP contribution >= 0.6 is 0 Å². The van der Waals surface area contributed by atoms with E-state index in [1.165, 1.54) is 44.9 Å². The van der Waals surface area contributed by atoms with Gasteiger partial charge in [-0.05, 0) is 44.4 Å². The minimum atomic E-state index is 0.388. The summed E-state index contributed by atoms with van der Waals surface area (Å²) in [6.45, 7) is 1.05. The van der Waals surface area contributed by atoms with Crippen molar-refractivity contribution >= 4 is 5.91 Å². The summed E-state index contributed by atoms with van der Waals surface area (Å²) in [6, 6.07) is 0.627. The van der Waals surface area contributed by atoms with Crippen molar-refractivity contribution in [3.63, 3.8) is 0 Å². The molecule has 2 heteroatoms. The molecule has 2 atom stereocenters. The number of rotatable bonds is 1. The van der Waals surface area contributed by atoms with Gasteiger partial charge in [-0.3, -0.25) is 4.79 Å². The Bertz CT molecular complexity index is 270. The molecule has 3 aliphatic rings. The van der Waals surface area contributed by atoms with Gasteiger partial charge in [0.05, 0.1) is 0 Å². The third kappa shape index (κ3) is 1.76.